The summed E-state index contributed by atoms with van der Waals surface area (Å²) in [6.45, 7) is 4.74. The van der Waals surface area contributed by atoms with Crippen molar-refractivity contribution in [2.45, 2.75) is 20.3 Å². The number of nitrogens with one attached hydrogen (secondary N) is 1. The summed E-state index contributed by atoms with van der Waals surface area (Å²) in [4.78, 5) is 24.3. The summed E-state index contributed by atoms with van der Waals surface area (Å²) >= 11 is 1.40. The Hall–Kier alpha value is -2.14. The quantitative estimate of drug-likeness (QED) is 0.656. The van der Waals surface area contributed by atoms with E-state index in [0.29, 0.717) is 23.4 Å². The predicted octanol–water partition coefficient (Wildman–Crippen LogP) is 3.34. The van der Waals surface area contributed by atoms with Crippen molar-refractivity contribution in [3.8, 4) is 0 Å². The lowest BCUT2D eigenvalue weighted by Crippen LogP contribution is -2.24. The van der Waals surface area contributed by atoms with Crippen molar-refractivity contribution in [2.24, 2.45) is 0 Å². The first-order valence-corrected chi connectivity index (χ1v) is 8.02. The normalized spacial score (nSPS) is 10.3. The molecule has 5 heteroatoms. The highest BCUT2D eigenvalue weighted by Gasteiger charge is 2.08. The first-order valence-electron chi connectivity index (χ1n) is 7.14. The van der Waals surface area contributed by atoms with Crippen LogP contribution in [0.3, 0.4) is 0 Å². The number of hydrogen-bond acceptors (Lipinski definition) is 4. The van der Waals surface area contributed by atoms with E-state index in [1.165, 1.54) is 11.3 Å². The molecule has 0 aliphatic carbocycles. The molecule has 1 aromatic heterocycles. The van der Waals surface area contributed by atoms with Crippen LogP contribution in [0.1, 0.15) is 37.6 Å². The maximum absolute atomic E-state index is 11.9. The molecule has 22 heavy (non-hydrogen) atoms. The summed E-state index contributed by atoms with van der Waals surface area (Å²) in [6.07, 6.45) is 0.591. The maximum Gasteiger partial charge on any atom is 0.338 e. The van der Waals surface area contributed by atoms with Gasteiger partial charge in [-0.1, -0.05) is 12.1 Å². The van der Waals surface area contributed by atoms with E-state index in [4.69, 9.17) is 4.74 Å². The highest BCUT2D eigenvalue weighted by atomic mass is 32.1. The molecule has 0 bridgehead atoms. The van der Waals surface area contributed by atoms with Crippen LogP contribution in [-0.2, 0) is 4.74 Å². The molecule has 4 nitrogen and oxygen atoms in total. The summed E-state index contributed by atoms with van der Waals surface area (Å²) in [5, 5.41) is 4.66. The zero-order valence-electron chi connectivity index (χ0n) is 12.7. The molecule has 0 saturated heterocycles. The first-order chi connectivity index (χ1) is 10.6. The number of carbonyl (C=O) groups excluding carboxylic acids is 2. The van der Waals surface area contributed by atoms with Crippen LogP contribution in [0.25, 0.3) is 0 Å². The molecular formula is C17H19NO3S. The van der Waals surface area contributed by atoms with Crippen LogP contribution in [0.4, 0.5) is 0 Å². The Kier molecular flexibility index (Phi) is 5.72. The van der Waals surface area contributed by atoms with Crippen LogP contribution < -0.4 is 5.32 Å². The number of hydrogen-bond donors (Lipinski definition) is 1. The second-order valence-corrected chi connectivity index (χ2v) is 5.97. The van der Waals surface area contributed by atoms with Gasteiger partial charge in [0.25, 0.3) is 5.91 Å². The zero-order chi connectivity index (χ0) is 15.9. The smallest absolute Gasteiger partial charge is 0.338 e. The number of rotatable bonds is 6. The summed E-state index contributed by atoms with van der Waals surface area (Å²) in [5.74, 6) is -0.414. The third-order valence-electron chi connectivity index (χ3n) is 3.33. The molecule has 1 N–H and O–H groups in total. The van der Waals surface area contributed by atoms with Crippen molar-refractivity contribution in [3.05, 3.63) is 57.3 Å². The fourth-order valence-electron chi connectivity index (χ4n) is 1.89. The van der Waals surface area contributed by atoms with Crippen LogP contribution in [0.2, 0.25) is 0 Å². The monoisotopic (exact) mass is 317 g/mol. The molecule has 0 fully saturated rings. The maximum atomic E-state index is 11.9. The van der Waals surface area contributed by atoms with E-state index in [2.05, 4.69) is 5.32 Å². The van der Waals surface area contributed by atoms with Crippen molar-refractivity contribution in [3.63, 3.8) is 0 Å². The van der Waals surface area contributed by atoms with E-state index >= 15 is 0 Å². The number of amides is 1. The number of aryl methyl sites for hydroxylation is 2. The van der Waals surface area contributed by atoms with Gasteiger partial charge in [-0.3, -0.25) is 4.79 Å². The highest BCUT2D eigenvalue weighted by molar-refractivity contribution is 7.12. The number of benzene rings is 1. The van der Waals surface area contributed by atoms with Gasteiger partial charge >= 0.3 is 5.97 Å². The van der Waals surface area contributed by atoms with Gasteiger partial charge in [0.2, 0.25) is 0 Å². The van der Waals surface area contributed by atoms with E-state index in [-0.39, 0.29) is 18.5 Å². The minimum absolute atomic E-state index is 0.0875. The Morgan fingerprint density at radius 2 is 2.00 bits per heavy atom. The van der Waals surface area contributed by atoms with Crippen molar-refractivity contribution < 1.29 is 14.3 Å². The lowest BCUT2D eigenvalue weighted by Gasteiger charge is -2.07. The largest absolute Gasteiger partial charge is 0.462 e. The highest BCUT2D eigenvalue weighted by Crippen LogP contribution is 2.11. The summed E-state index contributed by atoms with van der Waals surface area (Å²) in [7, 11) is 0. The molecule has 1 aromatic carbocycles. The SMILES string of the molecule is Cc1ccc(C(=O)OCCCNC(=O)c2cccs2)cc1C. The van der Waals surface area contributed by atoms with E-state index in [1.807, 2.05) is 37.4 Å². The lowest BCUT2D eigenvalue weighted by atomic mass is 10.1. The molecule has 0 atom stereocenters. The molecule has 1 heterocycles. The second kappa shape index (κ2) is 7.75. The van der Waals surface area contributed by atoms with Gasteiger partial charge in [-0.2, -0.15) is 0 Å². The third kappa shape index (κ3) is 4.43. The standard InChI is InChI=1S/C17H19NO3S/c1-12-6-7-14(11-13(12)2)17(20)21-9-4-8-18-16(19)15-5-3-10-22-15/h3,5-7,10-11H,4,8-9H2,1-2H3,(H,18,19). The molecule has 0 radical (unpaired) electrons. The summed E-state index contributed by atoms with van der Waals surface area (Å²) in [5.41, 5.74) is 2.77. The minimum atomic E-state index is -0.326. The van der Waals surface area contributed by atoms with Crippen molar-refractivity contribution >= 4 is 23.2 Å². The summed E-state index contributed by atoms with van der Waals surface area (Å²) < 4.78 is 5.21. The Morgan fingerprint density at radius 3 is 2.68 bits per heavy atom. The molecule has 0 aliphatic heterocycles. The Labute approximate surface area is 134 Å². The molecule has 1 amide bonds. The van der Waals surface area contributed by atoms with Crippen LogP contribution in [0, 0.1) is 13.8 Å². The minimum Gasteiger partial charge on any atom is -0.462 e. The molecule has 116 valence electrons. The van der Waals surface area contributed by atoms with Gasteiger partial charge in [0.05, 0.1) is 17.0 Å². The molecule has 0 saturated carbocycles. The number of ether oxygens (including phenoxy) is 1. The van der Waals surface area contributed by atoms with E-state index in [9.17, 15) is 9.59 Å². The topological polar surface area (TPSA) is 55.4 Å². The van der Waals surface area contributed by atoms with E-state index in [1.54, 1.807) is 12.1 Å². The van der Waals surface area contributed by atoms with Gasteiger partial charge in [-0.25, -0.2) is 4.79 Å². The Balaban J connectivity index is 1.69. The first kappa shape index (κ1) is 16.2. The predicted molar refractivity (Wildman–Crippen MR) is 87.5 cm³/mol. The van der Waals surface area contributed by atoms with Gasteiger partial charge in [0.15, 0.2) is 0 Å². The third-order valence-corrected chi connectivity index (χ3v) is 4.20. The van der Waals surface area contributed by atoms with Crippen LogP contribution in [-0.4, -0.2) is 25.0 Å². The number of thiophene rings is 1. The molecule has 2 rings (SSSR count). The molecule has 0 aliphatic rings. The van der Waals surface area contributed by atoms with E-state index < -0.39 is 0 Å². The van der Waals surface area contributed by atoms with Crippen LogP contribution in [0.15, 0.2) is 35.7 Å². The van der Waals surface area contributed by atoms with Crippen LogP contribution >= 0.6 is 11.3 Å². The van der Waals surface area contributed by atoms with Gasteiger partial charge in [-0.05, 0) is 55.0 Å². The Morgan fingerprint density at radius 1 is 1.18 bits per heavy atom. The second-order valence-electron chi connectivity index (χ2n) is 5.02. The van der Waals surface area contributed by atoms with Gasteiger partial charge in [0, 0.05) is 6.54 Å². The Bertz CT molecular complexity index is 650. The number of carbonyl (C=O) groups is 2. The molecule has 2 aromatic rings. The number of esters is 1. The fraction of sp³-hybridized carbons (Fsp3) is 0.294. The average Bonchev–Trinajstić information content (AvgIpc) is 3.03. The van der Waals surface area contributed by atoms with Gasteiger partial charge < -0.3 is 10.1 Å². The van der Waals surface area contributed by atoms with Gasteiger partial charge in [-0.15, -0.1) is 11.3 Å². The zero-order valence-corrected chi connectivity index (χ0v) is 13.5. The average molecular weight is 317 g/mol. The van der Waals surface area contributed by atoms with Gasteiger partial charge in [0.1, 0.15) is 0 Å². The molecule has 0 unspecified atom stereocenters. The fourth-order valence-corrected chi connectivity index (χ4v) is 2.53. The molecular weight excluding hydrogens is 298 g/mol. The van der Waals surface area contributed by atoms with E-state index in [0.717, 1.165) is 11.1 Å². The van der Waals surface area contributed by atoms with Crippen LogP contribution in [0.5, 0.6) is 0 Å². The molecule has 0 spiro atoms. The summed E-state index contributed by atoms with van der Waals surface area (Å²) in [6, 6.07) is 9.12. The van der Waals surface area contributed by atoms with Crippen molar-refractivity contribution in [1.82, 2.24) is 5.32 Å². The lowest BCUT2D eigenvalue weighted by molar-refractivity contribution is 0.0501. The van der Waals surface area contributed by atoms with Crippen molar-refractivity contribution in [1.29, 1.82) is 0 Å². The van der Waals surface area contributed by atoms with Crippen molar-refractivity contribution in [2.75, 3.05) is 13.2 Å².